The van der Waals surface area contributed by atoms with Gasteiger partial charge >= 0.3 is 11.9 Å². The Hall–Kier alpha value is -4.64. The number of aryl methyl sites for hydroxylation is 1. The van der Waals surface area contributed by atoms with Crippen LogP contribution >= 0.6 is 11.3 Å². The number of aliphatic hydroxyl groups is 1. The van der Waals surface area contributed by atoms with E-state index in [2.05, 4.69) is 25.4 Å². The van der Waals surface area contributed by atoms with E-state index < -0.39 is 23.7 Å². The van der Waals surface area contributed by atoms with Gasteiger partial charge in [-0.1, -0.05) is 50.0 Å². The van der Waals surface area contributed by atoms with E-state index in [9.17, 15) is 19.5 Å². The third-order valence-electron chi connectivity index (χ3n) is 6.91. The molecule has 10 nitrogen and oxygen atoms in total. The van der Waals surface area contributed by atoms with Crippen molar-refractivity contribution in [3.63, 3.8) is 0 Å². The van der Waals surface area contributed by atoms with E-state index in [-0.39, 0.29) is 33.5 Å². The van der Waals surface area contributed by atoms with Gasteiger partial charge in [0.25, 0.3) is 5.78 Å². The van der Waals surface area contributed by atoms with Crippen molar-refractivity contribution in [1.82, 2.24) is 4.98 Å². The van der Waals surface area contributed by atoms with Gasteiger partial charge in [0.15, 0.2) is 16.6 Å². The van der Waals surface area contributed by atoms with E-state index in [1.54, 1.807) is 49.4 Å². The molecule has 1 fully saturated rings. The molecule has 0 saturated carbocycles. The molecule has 11 heteroatoms. The molecule has 1 unspecified atom stereocenters. The van der Waals surface area contributed by atoms with Crippen molar-refractivity contribution in [1.29, 1.82) is 0 Å². The number of amides is 1. The normalized spacial score (nSPS) is 17.3. The lowest BCUT2D eigenvalue weighted by Gasteiger charge is -2.24. The van der Waals surface area contributed by atoms with Crippen LogP contribution in [0.3, 0.4) is 0 Å². The summed E-state index contributed by atoms with van der Waals surface area (Å²) in [6.07, 6.45) is 2.29. The molecular formula is C32H32N2O8S. The van der Waals surface area contributed by atoms with Crippen LogP contribution in [-0.4, -0.2) is 54.2 Å². The lowest BCUT2D eigenvalue weighted by atomic mass is 9.95. The quantitative estimate of drug-likeness (QED) is 0.103. The number of carbonyl (C=O) groups is 3. The number of ether oxygens (including phenoxy) is 4. The summed E-state index contributed by atoms with van der Waals surface area (Å²) in [6.45, 7) is 10.6. The fourth-order valence-electron chi connectivity index (χ4n) is 4.75. The Morgan fingerprint density at radius 2 is 1.95 bits per heavy atom. The number of hydrogen-bond donors (Lipinski definition) is 1. The number of aromatic nitrogens is 1. The molecule has 3 aromatic rings. The lowest BCUT2D eigenvalue weighted by molar-refractivity contribution is -0.132. The number of benzene rings is 2. The molecule has 2 aliphatic rings. The fourth-order valence-corrected chi connectivity index (χ4v) is 5.74. The lowest BCUT2D eigenvalue weighted by Crippen LogP contribution is -2.29. The van der Waals surface area contributed by atoms with Crippen LogP contribution in [-0.2, 0) is 14.3 Å². The number of esters is 1. The second kappa shape index (κ2) is 12.7. The Morgan fingerprint density at radius 3 is 2.70 bits per heavy atom. The minimum Gasteiger partial charge on any atom is -0.507 e. The number of aliphatic hydroxyl groups excluding tert-OH is 1. The largest absolute Gasteiger partial charge is 0.507 e. The smallest absolute Gasteiger partial charge is 0.350 e. The second-order valence-corrected chi connectivity index (χ2v) is 11.4. The molecule has 2 aromatic carbocycles. The Labute approximate surface area is 253 Å². The van der Waals surface area contributed by atoms with Crippen molar-refractivity contribution in [3.8, 4) is 17.2 Å². The Kier molecular flexibility index (Phi) is 8.81. The minimum absolute atomic E-state index is 0.00908. The van der Waals surface area contributed by atoms with E-state index in [4.69, 9.17) is 18.9 Å². The Balaban J connectivity index is 1.62. The number of thiazole rings is 1. The maximum Gasteiger partial charge on any atom is 0.350 e. The molecule has 0 radical (unpaired) electrons. The van der Waals surface area contributed by atoms with Crippen LogP contribution < -0.4 is 19.1 Å². The molecule has 1 atom stereocenters. The molecule has 1 aromatic heterocycles. The van der Waals surface area contributed by atoms with Crippen molar-refractivity contribution in [3.05, 3.63) is 82.4 Å². The highest BCUT2D eigenvalue weighted by molar-refractivity contribution is 7.17. The van der Waals surface area contributed by atoms with E-state index in [0.29, 0.717) is 54.2 Å². The summed E-state index contributed by atoms with van der Waals surface area (Å²) >= 11 is 0.930. The van der Waals surface area contributed by atoms with Gasteiger partial charge in [-0.2, -0.15) is 0 Å². The monoisotopic (exact) mass is 604 g/mol. The highest BCUT2D eigenvalue weighted by atomic mass is 32.1. The molecule has 1 saturated heterocycles. The standard InChI is InChI=1S/C32H32N2O8S/c1-5-12-42-31(38)29-19(4)33-32(43-29)34-26(20-7-6-8-22(16-20)39-13-11-18(2)3)25(28(36)30(34)37)27(35)21-9-10-23-24(17-21)41-15-14-40-23/h5-10,16-18,26,35H,1,11-15H2,2-4H3/b27-25+. The molecule has 43 heavy (non-hydrogen) atoms. The van der Waals surface area contributed by atoms with Crippen molar-refractivity contribution in [2.75, 3.05) is 31.3 Å². The summed E-state index contributed by atoms with van der Waals surface area (Å²) < 4.78 is 22.4. The van der Waals surface area contributed by atoms with Crippen LogP contribution in [0.1, 0.15) is 52.8 Å². The SMILES string of the molecule is C=CCOC(=O)c1sc(N2C(=O)C(=O)/C(=C(/O)c3ccc4c(c3)OCCO4)C2c2cccc(OCCC(C)C)c2)nc1C. The van der Waals surface area contributed by atoms with Gasteiger partial charge in [0.05, 0.1) is 23.9 Å². The van der Waals surface area contributed by atoms with Gasteiger partial charge < -0.3 is 24.1 Å². The number of nitrogens with zero attached hydrogens (tertiary/aromatic N) is 2. The van der Waals surface area contributed by atoms with Crippen LogP contribution in [0.15, 0.2) is 60.7 Å². The first-order valence-corrected chi connectivity index (χ1v) is 14.7. The first-order chi connectivity index (χ1) is 20.7. The van der Waals surface area contributed by atoms with Crippen LogP contribution in [0.2, 0.25) is 0 Å². The average Bonchev–Trinajstić information content (AvgIpc) is 3.51. The number of carbonyl (C=O) groups excluding carboxylic acids is 3. The molecule has 0 aliphatic carbocycles. The molecule has 1 amide bonds. The van der Waals surface area contributed by atoms with Gasteiger partial charge in [0.2, 0.25) is 0 Å². The first kappa shape index (κ1) is 29.8. The molecule has 0 bridgehead atoms. The van der Waals surface area contributed by atoms with E-state index in [0.717, 1.165) is 17.8 Å². The van der Waals surface area contributed by atoms with Crippen molar-refractivity contribution >= 4 is 39.9 Å². The predicted molar refractivity (Wildman–Crippen MR) is 161 cm³/mol. The summed E-state index contributed by atoms with van der Waals surface area (Å²) in [7, 11) is 0. The molecule has 2 aliphatic heterocycles. The number of rotatable bonds is 10. The third-order valence-corrected chi connectivity index (χ3v) is 8.04. The van der Waals surface area contributed by atoms with Crippen LogP contribution in [0.4, 0.5) is 5.13 Å². The van der Waals surface area contributed by atoms with Gasteiger partial charge in [-0.15, -0.1) is 0 Å². The first-order valence-electron chi connectivity index (χ1n) is 13.9. The van der Waals surface area contributed by atoms with Gasteiger partial charge in [0, 0.05) is 5.56 Å². The van der Waals surface area contributed by atoms with Crippen LogP contribution in [0.25, 0.3) is 5.76 Å². The van der Waals surface area contributed by atoms with Crippen molar-refractivity contribution in [2.45, 2.75) is 33.2 Å². The van der Waals surface area contributed by atoms with E-state index in [1.165, 1.54) is 11.0 Å². The average molecular weight is 605 g/mol. The van der Waals surface area contributed by atoms with Gasteiger partial charge in [-0.25, -0.2) is 9.78 Å². The maximum atomic E-state index is 13.7. The topological polar surface area (TPSA) is 124 Å². The highest BCUT2D eigenvalue weighted by Gasteiger charge is 2.48. The predicted octanol–water partition coefficient (Wildman–Crippen LogP) is 5.62. The third kappa shape index (κ3) is 6.12. The van der Waals surface area contributed by atoms with Gasteiger partial charge in [-0.05, 0) is 55.2 Å². The highest BCUT2D eigenvalue weighted by Crippen LogP contribution is 2.45. The molecule has 3 heterocycles. The fraction of sp³-hybridized carbons (Fsp3) is 0.312. The van der Waals surface area contributed by atoms with Crippen LogP contribution in [0, 0.1) is 12.8 Å². The summed E-state index contributed by atoms with van der Waals surface area (Å²) in [5, 5.41) is 11.7. The zero-order chi connectivity index (χ0) is 30.7. The maximum absolute atomic E-state index is 13.7. The van der Waals surface area contributed by atoms with E-state index >= 15 is 0 Å². The number of hydrogen-bond acceptors (Lipinski definition) is 10. The minimum atomic E-state index is -1.07. The molecular weight excluding hydrogens is 572 g/mol. The Morgan fingerprint density at radius 1 is 1.19 bits per heavy atom. The van der Waals surface area contributed by atoms with E-state index in [1.807, 2.05) is 0 Å². The molecule has 5 rings (SSSR count). The summed E-state index contributed by atoms with van der Waals surface area (Å²) in [5.74, 6) is -0.866. The van der Waals surface area contributed by atoms with Gasteiger partial charge in [-0.3, -0.25) is 14.5 Å². The van der Waals surface area contributed by atoms with Crippen LogP contribution in [0.5, 0.6) is 17.2 Å². The van der Waals surface area contributed by atoms with Gasteiger partial charge in [0.1, 0.15) is 36.2 Å². The number of fused-ring (bicyclic) bond motifs is 1. The molecule has 1 N–H and O–H groups in total. The number of Topliss-reactive ketones (excluding diaryl/α,β-unsaturated/α-hetero) is 1. The number of ketones is 1. The molecule has 0 spiro atoms. The number of anilines is 1. The second-order valence-electron chi connectivity index (χ2n) is 10.4. The zero-order valence-corrected chi connectivity index (χ0v) is 24.9. The summed E-state index contributed by atoms with van der Waals surface area (Å²) in [4.78, 5) is 45.8. The van der Waals surface area contributed by atoms with Crippen molar-refractivity contribution in [2.24, 2.45) is 5.92 Å². The molecule has 224 valence electrons. The van der Waals surface area contributed by atoms with Crippen molar-refractivity contribution < 1.29 is 38.4 Å². The zero-order valence-electron chi connectivity index (χ0n) is 24.1. The summed E-state index contributed by atoms with van der Waals surface area (Å²) in [6, 6.07) is 10.8. The Bertz CT molecular complexity index is 1610. The summed E-state index contributed by atoms with van der Waals surface area (Å²) in [5.41, 5.74) is 1.00.